The van der Waals surface area contributed by atoms with Gasteiger partial charge in [-0.2, -0.15) is 0 Å². The highest BCUT2D eigenvalue weighted by molar-refractivity contribution is 5.95. The predicted molar refractivity (Wildman–Crippen MR) is 84.0 cm³/mol. The zero-order valence-electron chi connectivity index (χ0n) is 13.8. The number of likely N-dealkylation sites (tertiary alicyclic amines) is 1. The molecule has 22 heavy (non-hydrogen) atoms. The molecule has 2 fully saturated rings. The van der Waals surface area contributed by atoms with Gasteiger partial charge in [-0.15, -0.1) is 0 Å². The molecule has 0 N–H and O–H groups in total. The first-order chi connectivity index (χ1) is 10.5. The minimum atomic E-state index is -0.0323. The molecule has 3 rings (SSSR count). The molecule has 0 unspecified atom stereocenters. The summed E-state index contributed by atoms with van der Waals surface area (Å²) in [6.07, 6.45) is 5.62. The summed E-state index contributed by atoms with van der Waals surface area (Å²) in [5.41, 5.74) is 0.654. The summed E-state index contributed by atoms with van der Waals surface area (Å²) in [6.45, 7) is 4.20. The van der Waals surface area contributed by atoms with Gasteiger partial charge in [0, 0.05) is 25.7 Å². The van der Waals surface area contributed by atoms with E-state index in [0.29, 0.717) is 17.4 Å². The Morgan fingerprint density at radius 2 is 2.09 bits per heavy atom. The Hall–Kier alpha value is -1.33. The van der Waals surface area contributed by atoms with Crippen LogP contribution in [0.3, 0.4) is 0 Å². The van der Waals surface area contributed by atoms with Crippen LogP contribution in [0, 0.1) is 6.92 Å². The molecule has 0 radical (unpaired) electrons. The molecule has 1 aromatic rings. The first-order valence-electron chi connectivity index (χ1n) is 8.14. The molecule has 2 aliphatic rings. The van der Waals surface area contributed by atoms with E-state index in [1.54, 1.807) is 12.3 Å². The fraction of sp³-hybridized carbons (Fsp3) is 0.706. The van der Waals surface area contributed by atoms with Crippen LogP contribution in [0.1, 0.15) is 41.8 Å². The van der Waals surface area contributed by atoms with Gasteiger partial charge in [-0.25, -0.2) is 0 Å². The van der Waals surface area contributed by atoms with Crippen LogP contribution in [-0.4, -0.2) is 61.1 Å². The maximum absolute atomic E-state index is 12.5. The van der Waals surface area contributed by atoms with E-state index >= 15 is 0 Å². The lowest BCUT2D eigenvalue weighted by Gasteiger charge is -2.47. The molecule has 3 heterocycles. The van der Waals surface area contributed by atoms with Crippen LogP contribution in [0.2, 0.25) is 0 Å². The molecule has 0 saturated carbocycles. The van der Waals surface area contributed by atoms with Gasteiger partial charge in [0.05, 0.1) is 17.4 Å². The Kier molecular flexibility index (Phi) is 4.28. The van der Waals surface area contributed by atoms with Crippen LogP contribution in [-0.2, 0) is 4.74 Å². The van der Waals surface area contributed by atoms with Crippen LogP contribution in [0.4, 0.5) is 0 Å². The quantitative estimate of drug-likeness (QED) is 0.841. The number of carbonyl (C=O) groups is 1. The van der Waals surface area contributed by atoms with E-state index in [2.05, 4.69) is 19.0 Å². The number of nitrogens with zero attached hydrogens (tertiary/aromatic N) is 2. The van der Waals surface area contributed by atoms with E-state index in [1.807, 2.05) is 11.8 Å². The third-order valence-electron chi connectivity index (χ3n) is 5.25. The lowest BCUT2D eigenvalue weighted by atomic mass is 9.82. The number of aryl methyl sites for hydroxylation is 1. The average molecular weight is 306 g/mol. The van der Waals surface area contributed by atoms with Crippen LogP contribution in [0.5, 0.6) is 0 Å². The third-order valence-corrected chi connectivity index (χ3v) is 5.25. The zero-order valence-corrected chi connectivity index (χ0v) is 13.8. The van der Waals surface area contributed by atoms with Gasteiger partial charge in [-0.1, -0.05) is 0 Å². The van der Waals surface area contributed by atoms with Crippen molar-refractivity contribution in [3.63, 3.8) is 0 Å². The van der Waals surface area contributed by atoms with E-state index in [0.717, 1.165) is 45.4 Å². The summed E-state index contributed by atoms with van der Waals surface area (Å²) in [7, 11) is 4.29. The van der Waals surface area contributed by atoms with Crippen molar-refractivity contribution >= 4 is 5.91 Å². The topological polar surface area (TPSA) is 45.9 Å². The van der Waals surface area contributed by atoms with Gasteiger partial charge in [0.1, 0.15) is 5.76 Å². The molecule has 5 heteroatoms. The predicted octanol–water partition coefficient (Wildman–Crippen LogP) is 2.30. The van der Waals surface area contributed by atoms with Gasteiger partial charge in [0.15, 0.2) is 0 Å². The monoisotopic (exact) mass is 306 g/mol. The normalized spacial score (nSPS) is 24.9. The van der Waals surface area contributed by atoms with Crippen molar-refractivity contribution in [2.75, 3.05) is 33.8 Å². The molecular weight excluding hydrogens is 280 g/mol. The number of piperidine rings is 1. The van der Waals surface area contributed by atoms with Gasteiger partial charge in [0.2, 0.25) is 0 Å². The van der Waals surface area contributed by atoms with Gasteiger partial charge < -0.3 is 19.0 Å². The Balaban J connectivity index is 1.63. The van der Waals surface area contributed by atoms with Gasteiger partial charge >= 0.3 is 0 Å². The van der Waals surface area contributed by atoms with Crippen molar-refractivity contribution in [2.45, 2.75) is 44.2 Å². The van der Waals surface area contributed by atoms with Crippen LogP contribution >= 0.6 is 0 Å². The van der Waals surface area contributed by atoms with Crippen LogP contribution in [0.15, 0.2) is 16.7 Å². The SMILES string of the molecule is Cc1occc1C(=O)N1CCC2(CC1)C[C@H](N(C)C)CCO2. The van der Waals surface area contributed by atoms with E-state index in [-0.39, 0.29) is 11.5 Å². The largest absolute Gasteiger partial charge is 0.469 e. The Morgan fingerprint density at radius 1 is 1.36 bits per heavy atom. The molecule has 2 saturated heterocycles. The lowest BCUT2D eigenvalue weighted by Crippen LogP contribution is -2.53. The van der Waals surface area contributed by atoms with Crippen molar-refractivity contribution in [1.29, 1.82) is 0 Å². The molecule has 2 aliphatic heterocycles. The van der Waals surface area contributed by atoms with Crippen LogP contribution in [0.25, 0.3) is 0 Å². The maximum atomic E-state index is 12.5. The molecular formula is C17H26N2O3. The van der Waals surface area contributed by atoms with E-state index in [9.17, 15) is 4.79 Å². The fourth-order valence-corrected chi connectivity index (χ4v) is 3.69. The molecule has 1 aromatic heterocycles. The molecule has 0 aliphatic carbocycles. The summed E-state index contributed by atoms with van der Waals surface area (Å²) < 4.78 is 11.4. The van der Waals surface area contributed by atoms with Crippen molar-refractivity contribution in [3.05, 3.63) is 23.7 Å². The molecule has 1 spiro atoms. The van der Waals surface area contributed by atoms with Crippen molar-refractivity contribution in [3.8, 4) is 0 Å². The number of carbonyl (C=O) groups excluding carboxylic acids is 1. The van der Waals surface area contributed by atoms with Gasteiger partial charge in [-0.3, -0.25) is 4.79 Å². The minimum absolute atomic E-state index is 0.0323. The standard InChI is InChI=1S/C17H26N2O3/c1-13-15(5-10-21-13)16(20)19-8-6-17(7-9-19)12-14(18(2)3)4-11-22-17/h5,10,14H,4,6-9,11-12H2,1-3H3/t14-/m1/s1. The number of furan rings is 1. The van der Waals surface area contributed by atoms with Crippen LogP contribution < -0.4 is 0 Å². The summed E-state index contributed by atoms with van der Waals surface area (Å²) in [5.74, 6) is 0.785. The molecule has 0 bridgehead atoms. The Morgan fingerprint density at radius 3 is 2.68 bits per heavy atom. The number of hydrogen-bond acceptors (Lipinski definition) is 4. The molecule has 122 valence electrons. The van der Waals surface area contributed by atoms with Gasteiger partial charge in [-0.05, 0) is 52.8 Å². The summed E-state index contributed by atoms with van der Waals surface area (Å²) in [5, 5.41) is 0. The van der Waals surface area contributed by atoms with E-state index < -0.39 is 0 Å². The second-order valence-electron chi connectivity index (χ2n) is 6.82. The summed E-state index contributed by atoms with van der Waals surface area (Å²) in [4.78, 5) is 16.8. The van der Waals surface area contributed by atoms with Gasteiger partial charge in [0.25, 0.3) is 5.91 Å². The number of hydrogen-bond donors (Lipinski definition) is 0. The first-order valence-corrected chi connectivity index (χ1v) is 8.14. The fourth-order valence-electron chi connectivity index (χ4n) is 3.69. The molecule has 5 nitrogen and oxygen atoms in total. The zero-order chi connectivity index (χ0) is 15.7. The highest BCUT2D eigenvalue weighted by atomic mass is 16.5. The average Bonchev–Trinajstić information content (AvgIpc) is 2.93. The second kappa shape index (κ2) is 6.05. The van der Waals surface area contributed by atoms with Crippen molar-refractivity contribution in [2.24, 2.45) is 0 Å². The highest BCUT2D eigenvalue weighted by Gasteiger charge is 2.41. The second-order valence-corrected chi connectivity index (χ2v) is 6.82. The Bertz CT molecular complexity index is 530. The summed E-state index contributed by atoms with van der Waals surface area (Å²) in [6, 6.07) is 2.36. The summed E-state index contributed by atoms with van der Waals surface area (Å²) >= 11 is 0. The third kappa shape index (κ3) is 2.92. The van der Waals surface area contributed by atoms with Crippen molar-refractivity contribution < 1.29 is 13.9 Å². The minimum Gasteiger partial charge on any atom is -0.469 e. The first kappa shape index (κ1) is 15.6. The number of amides is 1. The highest BCUT2D eigenvalue weighted by Crippen LogP contribution is 2.36. The maximum Gasteiger partial charge on any atom is 0.257 e. The molecule has 0 aromatic carbocycles. The van der Waals surface area contributed by atoms with E-state index in [4.69, 9.17) is 9.15 Å². The van der Waals surface area contributed by atoms with Crippen molar-refractivity contribution in [1.82, 2.24) is 9.80 Å². The number of rotatable bonds is 2. The van der Waals surface area contributed by atoms with E-state index in [1.165, 1.54) is 0 Å². The molecule has 1 atom stereocenters. The lowest BCUT2D eigenvalue weighted by molar-refractivity contribution is -0.125. The molecule has 1 amide bonds. The smallest absolute Gasteiger partial charge is 0.257 e. The number of ether oxygens (including phenoxy) is 1. The Labute approximate surface area is 132 Å².